The third-order valence-electron chi connectivity index (χ3n) is 3.71. The third-order valence-corrected chi connectivity index (χ3v) is 3.71. The van der Waals surface area contributed by atoms with Crippen LogP contribution in [0.2, 0.25) is 0 Å². The van der Waals surface area contributed by atoms with Crippen LogP contribution in [0.1, 0.15) is 17.0 Å². The van der Waals surface area contributed by atoms with Crippen LogP contribution in [0.5, 0.6) is 0 Å². The number of para-hydroxylation sites is 1. The molecule has 0 fully saturated rings. The smallest absolute Gasteiger partial charge is 0.310 e. The van der Waals surface area contributed by atoms with Gasteiger partial charge >= 0.3 is 5.97 Å². The number of anilines is 3. The topological polar surface area (TPSA) is 103 Å². The van der Waals surface area contributed by atoms with E-state index in [1.54, 1.807) is 0 Å². The van der Waals surface area contributed by atoms with Crippen molar-refractivity contribution in [2.24, 2.45) is 0 Å². The number of carbonyl (C=O) groups excluding carboxylic acids is 1. The van der Waals surface area contributed by atoms with Gasteiger partial charge in [0.25, 0.3) is 0 Å². The van der Waals surface area contributed by atoms with E-state index >= 15 is 0 Å². The van der Waals surface area contributed by atoms with Crippen molar-refractivity contribution in [1.82, 2.24) is 15.0 Å². The summed E-state index contributed by atoms with van der Waals surface area (Å²) in [7, 11) is 0. The van der Waals surface area contributed by atoms with E-state index in [4.69, 9.17) is 10.5 Å². The second-order valence-corrected chi connectivity index (χ2v) is 5.84. The summed E-state index contributed by atoms with van der Waals surface area (Å²) in [6, 6.07) is 13.3. The highest BCUT2D eigenvalue weighted by atomic mass is 19.1. The van der Waals surface area contributed by atoms with Gasteiger partial charge in [-0.2, -0.15) is 15.0 Å². The SMILES string of the molecule is Cc1ccccc1Nc1nc(N)nc(COC(=O)Cc2ccc(F)cc2)n1. The molecule has 0 unspecified atom stereocenters. The number of benzene rings is 2. The largest absolute Gasteiger partial charge is 0.457 e. The van der Waals surface area contributed by atoms with Gasteiger partial charge in [-0.05, 0) is 36.2 Å². The summed E-state index contributed by atoms with van der Waals surface area (Å²) in [4.78, 5) is 24.2. The van der Waals surface area contributed by atoms with Crippen molar-refractivity contribution >= 4 is 23.6 Å². The van der Waals surface area contributed by atoms with E-state index in [9.17, 15) is 9.18 Å². The number of nitrogens with two attached hydrogens (primary N) is 1. The van der Waals surface area contributed by atoms with Crippen molar-refractivity contribution in [2.75, 3.05) is 11.1 Å². The number of nitrogens with zero attached hydrogens (tertiary/aromatic N) is 3. The molecule has 138 valence electrons. The van der Waals surface area contributed by atoms with Crippen molar-refractivity contribution in [2.45, 2.75) is 20.0 Å². The summed E-state index contributed by atoms with van der Waals surface area (Å²) >= 11 is 0. The van der Waals surface area contributed by atoms with Gasteiger partial charge in [-0.1, -0.05) is 30.3 Å². The Balaban J connectivity index is 1.63. The average molecular weight is 367 g/mol. The minimum absolute atomic E-state index is 0.0191. The Hall–Kier alpha value is -3.55. The Morgan fingerprint density at radius 3 is 2.59 bits per heavy atom. The summed E-state index contributed by atoms with van der Waals surface area (Å²) in [5.41, 5.74) is 8.22. The number of halogens is 1. The highest BCUT2D eigenvalue weighted by Gasteiger charge is 2.10. The fraction of sp³-hybridized carbons (Fsp3) is 0.158. The molecule has 0 atom stereocenters. The highest BCUT2D eigenvalue weighted by molar-refractivity contribution is 5.72. The standard InChI is InChI=1S/C19H18FN5O2/c1-12-4-2-3-5-15(12)22-19-24-16(23-18(21)25-19)11-27-17(26)10-13-6-8-14(20)9-7-13/h2-9H,10-11H2,1H3,(H3,21,22,23,24,25). The fourth-order valence-electron chi connectivity index (χ4n) is 2.36. The van der Waals surface area contributed by atoms with E-state index in [1.807, 2.05) is 31.2 Å². The molecule has 0 aliphatic carbocycles. The Labute approximate surface area is 155 Å². The Morgan fingerprint density at radius 2 is 1.85 bits per heavy atom. The monoisotopic (exact) mass is 367 g/mol. The molecule has 0 spiro atoms. The van der Waals surface area contributed by atoms with Crippen LogP contribution in [0.4, 0.5) is 22.0 Å². The van der Waals surface area contributed by atoms with Gasteiger partial charge in [0, 0.05) is 5.69 Å². The number of carbonyl (C=O) groups is 1. The van der Waals surface area contributed by atoms with Gasteiger partial charge in [0.05, 0.1) is 6.42 Å². The van der Waals surface area contributed by atoms with Gasteiger partial charge in [-0.25, -0.2) is 4.39 Å². The second kappa shape index (κ2) is 8.22. The van der Waals surface area contributed by atoms with E-state index in [-0.39, 0.29) is 36.6 Å². The van der Waals surface area contributed by atoms with Crippen LogP contribution >= 0.6 is 0 Å². The molecule has 0 bridgehead atoms. The number of ether oxygens (including phenoxy) is 1. The molecule has 27 heavy (non-hydrogen) atoms. The zero-order valence-corrected chi connectivity index (χ0v) is 14.6. The van der Waals surface area contributed by atoms with Gasteiger partial charge in [0.15, 0.2) is 12.4 Å². The Kier molecular flexibility index (Phi) is 5.55. The lowest BCUT2D eigenvalue weighted by atomic mass is 10.1. The summed E-state index contributed by atoms with van der Waals surface area (Å²) in [5, 5.41) is 3.07. The van der Waals surface area contributed by atoms with E-state index in [1.165, 1.54) is 24.3 Å². The number of esters is 1. The number of aromatic nitrogens is 3. The van der Waals surface area contributed by atoms with Gasteiger partial charge in [0.1, 0.15) is 5.82 Å². The lowest BCUT2D eigenvalue weighted by Crippen LogP contribution is -2.12. The minimum atomic E-state index is -0.478. The second-order valence-electron chi connectivity index (χ2n) is 5.84. The molecule has 0 saturated carbocycles. The zero-order valence-electron chi connectivity index (χ0n) is 14.6. The number of rotatable bonds is 6. The Morgan fingerprint density at radius 1 is 1.11 bits per heavy atom. The van der Waals surface area contributed by atoms with E-state index in [0.717, 1.165) is 11.3 Å². The molecule has 0 aliphatic heterocycles. The van der Waals surface area contributed by atoms with Gasteiger partial charge in [0.2, 0.25) is 11.9 Å². The van der Waals surface area contributed by atoms with E-state index in [2.05, 4.69) is 20.3 Å². The third kappa shape index (κ3) is 5.21. The van der Waals surface area contributed by atoms with Crippen LogP contribution in [0.3, 0.4) is 0 Å². The lowest BCUT2D eigenvalue weighted by Gasteiger charge is -2.10. The first-order chi connectivity index (χ1) is 13.0. The lowest BCUT2D eigenvalue weighted by molar-refractivity contribution is -0.144. The normalized spacial score (nSPS) is 10.4. The van der Waals surface area contributed by atoms with Crippen molar-refractivity contribution in [3.8, 4) is 0 Å². The van der Waals surface area contributed by atoms with Crippen molar-refractivity contribution in [1.29, 1.82) is 0 Å². The van der Waals surface area contributed by atoms with Crippen molar-refractivity contribution in [3.05, 3.63) is 71.3 Å². The zero-order chi connectivity index (χ0) is 19.2. The van der Waals surface area contributed by atoms with Crippen molar-refractivity contribution < 1.29 is 13.9 Å². The van der Waals surface area contributed by atoms with Gasteiger partial charge < -0.3 is 15.8 Å². The summed E-state index contributed by atoms with van der Waals surface area (Å²) in [6.45, 7) is 1.81. The average Bonchev–Trinajstić information content (AvgIpc) is 2.63. The van der Waals surface area contributed by atoms with Crippen molar-refractivity contribution in [3.63, 3.8) is 0 Å². The number of hydrogen-bond donors (Lipinski definition) is 2. The summed E-state index contributed by atoms with van der Waals surface area (Å²) in [6.07, 6.45) is 0.0230. The molecule has 2 aromatic carbocycles. The predicted molar refractivity (Wildman–Crippen MR) is 98.6 cm³/mol. The minimum Gasteiger partial charge on any atom is -0.457 e. The molecule has 1 heterocycles. The number of aryl methyl sites for hydroxylation is 1. The molecule has 0 amide bonds. The molecular formula is C19H18FN5O2. The van der Waals surface area contributed by atoms with Gasteiger partial charge in [-0.15, -0.1) is 0 Å². The molecule has 3 N–H and O–H groups in total. The van der Waals surface area contributed by atoms with Crippen LogP contribution < -0.4 is 11.1 Å². The molecule has 3 aromatic rings. The molecule has 3 rings (SSSR count). The number of nitrogen functional groups attached to an aromatic ring is 1. The first-order valence-electron chi connectivity index (χ1n) is 8.23. The molecule has 1 aromatic heterocycles. The molecule has 7 nitrogen and oxygen atoms in total. The van der Waals surface area contributed by atoms with Crippen LogP contribution in [0.15, 0.2) is 48.5 Å². The number of hydrogen-bond acceptors (Lipinski definition) is 7. The number of nitrogens with one attached hydrogen (secondary N) is 1. The molecule has 0 saturated heterocycles. The van der Waals surface area contributed by atoms with Crippen LogP contribution in [-0.4, -0.2) is 20.9 Å². The van der Waals surface area contributed by atoms with Crippen LogP contribution in [-0.2, 0) is 22.6 Å². The Bertz CT molecular complexity index is 947. The van der Waals surface area contributed by atoms with Crippen LogP contribution in [0.25, 0.3) is 0 Å². The van der Waals surface area contributed by atoms with Gasteiger partial charge in [-0.3, -0.25) is 4.79 Å². The molecule has 8 heteroatoms. The van der Waals surface area contributed by atoms with Crippen LogP contribution in [0, 0.1) is 12.7 Å². The van der Waals surface area contributed by atoms with E-state index in [0.29, 0.717) is 5.56 Å². The maximum absolute atomic E-state index is 12.9. The quantitative estimate of drug-likeness (QED) is 0.646. The molecular weight excluding hydrogens is 349 g/mol. The fourth-order valence-corrected chi connectivity index (χ4v) is 2.36. The summed E-state index contributed by atoms with van der Waals surface area (Å²) < 4.78 is 18.1. The molecule has 0 aliphatic rings. The predicted octanol–water partition coefficient (Wildman–Crippen LogP) is 2.93. The maximum Gasteiger partial charge on any atom is 0.310 e. The molecule has 0 radical (unpaired) electrons. The summed E-state index contributed by atoms with van der Waals surface area (Å²) in [5.74, 6) is -0.325. The maximum atomic E-state index is 12.9. The van der Waals surface area contributed by atoms with E-state index < -0.39 is 5.97 Å². The first-order valence-corrected chi connectivity index (χ1v) is 8.23. The highest BCUT2D eigenvalue weighted by Crippen LogP contribution is 2.18. The first kappa shape index (κ1) is 18.2.